The number of hydrogen-bond acceptors (Lipinski definition) is 4. The lowest BCUT2D eigenvalue weighted by Gasteiger charge is -2.36. The average Bonchev–Trinajstić information content (AvgIpc) is 2.38. The monoisotopic (exact) mass is 240 g/mol. The van der Waals surface area contributed by atoms with Gasteiger partial charge in [-0.2, -0.15) is 0 Å². The Bertz CT molecular complexity index is 387. The Morgan fingerprint density at radius 1 is 1.53 bits per heavy atom. The number of rotatable bonds is 3. The molecule has 0 aromatic heterocycles. The third-order valence-corrected chi connectivity index (χ3v) is 3.00. The van der Waals surface area contributed by atoms with Crippen LogP contribution in [0.1, 0.15) is 5.56 Å². The molecule has 1 aliphatic heterocycles. The van der Waals surface area contributed by atoms with Gasteiger partial charge < -0.3 is 20.5 Å². The van der Waals surface area contributed by atoms with Crippen LogP contribution in [-0.2, 0) is 11.3 Å². The van der Waals surface area contributed by atoms with E-state index in [0.29, 0.717) is 32.0 Å². The van der Waals surface area contributed by atoms with E-state index in [4.69, 9.17) is 10.5 Å². The fourth-order valence-corrected chi connectivity index (χ4v) is 2.03. The van der Waals surface area contributed by atoms with Crippen molar-refractivity contribution >= 4 is 5.69 Å². The highest BCUT2D eigenvalue weighted by Gasteiger charge is 2.24. The smallest absolute Gasteiger partial charge is 0.146 e. The molecule has 0 bridgehead atoms. The van der Waals surface area contributed by atoms with Crippen molar-refractivity contribution in [2.75, 3.05) is 31.3 Å². The van der Waals surface area contributed by atoms with Crippen LogP contribution in [0.4, 0.5) is 10.1 Å². The fraction of sp³-hybridized carbons (Fsp3) is 0.500. The Labute approximate surface area is 99.8 Å². The standard InChI is InChI=1S/C12H17FN2O2/c13-11-5-9(6-14)1-2-12(11)15-3-4-17-8-10(15)7-16/h1-2,5,10,16H,3-4,6-8,14H2. The summed E-state index contributed by atoms with van der Waals surface area (Å²) >= 11 is 0. The molecule has 0 saturated carbocycles. The maximum absolute atomic E-state index is 13.9. The van der Waals surface area contributed by atoms with Crippen molar-refractivity contribution in [1.82, 2.24) is 0 Å². The zero-order valence-electron chi connectivity index (χ0n) is 9.60. The minimum atomic E-state index is -0.298. The van der Waals surface area contributed by atoms with E-state index in [-0.39, 0.29) is 18.5 Å². The summed E-state index contributed by atoms with van der Waals surface area (Å²) in [5, 5.41) is 9.25. The molecule has 4 nitrogen and oxygen atoms in total. The molecule has 17 heavy (non-hydrogen) atoms. The van der Waals surface area contributed by atoms with Gasteiger partial charge in [0.05, 0.1) is 31.5 Å². The highest BCUT2D eigenvalue weighted by molar-refractivity contribution is 5.50. The number of halogens is 1. The van der Waals surface area contributed by atoms with E-state index >= 15 is 0 Å². The SMILES string of the molecule is NCc1ccc(N2CCOCC2CO)c(F)c1. The molecule has 1 aromatic rings. The summed E-state index contributed by atoms with van der Waals surface area (Å²) in [6.45, 7) is 1.84. The highest BCUT2D eigenvalue weighted by atomic mass is 19.1. The zero-order chi connectivity index (χ0) is 12.3. The lowest BCUT2D eigenvalue weighted by Crippen LogP contribution is -2.48. The Morgan fingerprint density at radius 3 is 3.00 bits per heavy atom. The molecular formula is C12H17FN2O2. The number of aliphatic hydroxyl groups excluding tert-OH is 1. The van der Waals surface area contributed by atoms with Gasteiger partial charge in [0, 0.05) is 13.1 Å². The zero-order valence-corrected chi connectivity index (χ0v) is 9.60. The van der Waals surface area contributed by atoms with Gasteiger partial charge in [0.2, 0.25) is 0 Å². The van der Waals surface area contributed by atoms with Gasteiger partial charge in [-0.05, 0) is 17.7 Å². The van der Waals surface area contributed by atoms with Crippen molar-refractivity contribution in [3.05, 3.63) is 29.6 Å². The topological polar surface area (TPSA) is 58.7 Å². The molecule has 0 amide bonds. The number of ether oxygens (including phenoxy) is 1. The molecule has 2 rings (SSSR count). The number of nitrogens with two attached hydrogens (primary N) is 1. The Balaban J connectivity index is 2.25. The van der Waals surface area contributed by atoms with Gasteiger partial charge >= 0.3 is 0 Å². The van der Waals surface area contributed by atoms with Gasteiger partial charge in [0.15, 0.2) is 0 Å². The van der Waals surface area contributed by atoms with Crippen molar-refractivity contribution in [2.45, 2.75) is 12.6 Å². The number of aliphatic hydroxyl groups is 1. The third-order valence-electron chi connectivity index (χ3n) is 3.00. The predicted octanol–water partition coefficient (Wildman–Crippen LogP) is 0.482. The van der Waals surface area contributed by atoms with Crippen LogP contribution in [0.5, 0.6) is 0 Å². The number of hydrogen-bond donors (Lipinski definition) is 2. The Morgan fingerprint density at radius 2 is 2.35 bits per heavy atom. The molecule has 94 valence electrons. The van der Waals surface area contributed by atoms with Crippen molar-refractivity contribution in [2.24, 2.45) is 5.73 Å². The average molecular weight is 240 g/mol. The summed E-state index contributed by atoms with van der Waals surface area (Å²) in [6, 6.07) is 4.79. The minimum absolute atomic E-state index is 0.0436. The maximum Gasteiger partial charge on any atom is 0.146 e. The molecule has 1 fully saturated rings. The molecule has 0 aliphatic carbocycles. The lowest BCUT2D eigenvalue weighted by molar-refractivity contribution is 0.0723. The lowest BCUT2D eigenvalue weighted by atomic mass is 10.1. The van der Waals surface area contributed by atoms with Crippen LogP contribution in [0, 0.1) is 5.82 Å². The molecule has 1 aliphatic rings. The maximum atomic E-state index is 13.9. The van der Waals surface area contributed by atoms with Crippen LogP contribution in [0.2, 0.25) is 0 Å². The first kappa shape index (κ1) is 12.3. The van der Waals surface area contributed by atoms with E-state index in [1.165, 1.54) is 6.07 Å². The van der Waals surface area contributed by atoms with Crippen LogP contribution in [0.15, 0.2) is 18.2 Å². The highest BCUT2D eigenvalue weighted by Crippen LogP contribution is 2.24. The van der Waals surface area contributed by atoms with Gasteiger partial charge in [0.1, 0.15) is 5.82 Å². The molecule has 0 spiro atoms. The fourth-order valence-electron chi connectivity index (χ4n) is 2.03. The van der Waals surface area contributed by atoms with Gasteiger partial charge in [-0.1, -0.05) is 6.07 Å². The van der Waals surface area contributed by atoms with Gasteiger partial charge in [0.25, 0.3) is 0 Å². The summed E-state index contributed by atoms with van der Waals surface area (Å²) in [4.78, 5) is 1.85. The van der Waals surface area contributed by atoms with E-state index in [1.54, 1.807) is 6.07 Å². The van der Waals surface area contributed by atoms with Crippen LogP contribution in [0.3, 0.4) is 0 Å². The van der Waals surface area contributed by atoms with Crippen molar-refractivity contribution in [3.63, 3.8) is 0 Å². The molecule has 1 unspecified atom stereocenters. The summed E-state index contributed by atoms with van der Waals surface area (Å²) < 4.78 is 19.2. The number of nitrogens with zero attached hydrogens (tertiary/aromatic N) is 1. The quantitative estimate of drug-likeness (QED) is 0.807. The molecular weight excluding hydrogens is 223 g/mol. The molecule has 1 atom stereocenters. The van der Waals surface area contributed by atoms with Crippen LogP contribution in [0.25, 0.3) is 0 Å². The second-order valence-corrected chi connectivity index (χ2v) is 4.09. The van der Waals surface area contributed by atoms with E-state index in [1.807, 2.05) is 11.0 Å². The summed E-state index contributed by atoms with van der Waals surface area (Å²) in [5.74, 6) is -0.298. The summed E-state index contributed by atoms with van der Waals surface area (Å²) in [5.41, 5.74) is 6.73. The first-order chi connectivity index (χ1) is 8.26. The van der Waals surface area contributed by atoms with E-state index in [9.17, 15) is 9.50 Å². The summed E-state index contributed by atoms with van der Waals surface area (Å²) in [6.07, 6.45) is 0. The van der Waals surface area contributed by atoms with Crippen LogP contribution in [-0.4, -0.2) is 37.5 Å². The molecule has 1 saturated heterocycles. The second kappa shape index (κ2) is 5.44. The molecule has 1 aromatic carbocycles. The van der Waals surface area contributed by atoms with Gasteiger partial charge in [-0.25, -0.2) is 4.39 Å². The molecule has 3 N–H and O–H groups in total. The van der Waals surface area contributed by atoms with Crippen molar-refractivity contribution in [3.8, 4) is 0 Å². The molecule has 1 heterocycles. The number of morpholine rings is 1. The number of benzene rings is 1. The van der Waals surface area contributed by atoms with Crippen molar-refractivity contribution < 1.29 is 14.2 Å². The first-order valence-electron chi connectivity index (χ1n) is 5.70. The predicted molar refractivity (Wildman–Crippen MR) is 63.3 cm³/mol. The third kappa shape index (κ3) is 2.57. The van der Waals surface area contributed by atoms with Crippen molar-refractivity contribution in [1.29, 1.82) is 0 Å². The van der Waals surface area contributed by atoms with Gasteiger partial charge in [-0.3, -0.25) is 0 Å². The molecule has 0 radical (unpaired) electrons. The number of anilines is 1. The van der Waals surface area contributed by atoms with Crippen LogP contribution >= 0.6 is 0 Å². The van der Waals surface area contributed by atoms with E-state index < -0.39 is 0 Å². The normalized spacial score (nSPS) is 20.6. The van der Waals surface area contributed by atoms with E-state index in [0.717, 1.165) is 5.56 Å². The molecule has 5 heteroatoms. The van der Waals surface area contributed by atoms with E-state index in [2.05, 4.69) is 0 Å². The largest absolute Gasteiger partial charge is 0.394 e. The Hall–Kier alpha value is -1.17. The minimum Gasteiger partial charge on any atom is -0.394 e. The Kier molecular flexibility index (Phi) is 3.93. The van der Waals surface area contributed by atoms with Gasteiger partial charge in [-0.15, -0.1) is 0 Å². The second-order valence-electron chi connectivity index (χ2n) is 4.09. The van der Waals surface area contributed by atoms with Crippen LogP contribution < -0.4 is 10.6 Å². The first-order valence-corrected chi connectivity index (χ1v) is 5.70. The summed E-state index contributed by atoms with van der Waals surface area (Å²) in [7, 11) is 0.